The summed E-state index contributed by atoms with van der Waals surface area (Å²) in [6.07, 6.45) is 1.78. The molecule has 3 rings (SSSR count). The second kappa shape index (κ2) is 7.44. The molecule has 0 unspecified atom stereocenters. The minimum Gasteiger partial charge on any atom is -0.339 e. The molecule has 0 aliphatic rings. The Morgan fingerprint density at radius 3 is 2.28 bits per heavy atom. The Kier molecular flexibility index (Phi) is 4.89. The number of hydrogen-bond acceptors (Lipinski definition) is 2. The van der Waals surface area contributed by atoms with Crippen molar-refractivity contribution in [2.45, 2.75) is 6.54 Å². The van der Waals surface area contributed by atoms with E-state index in [1.165, 1.54) is 18.2 Å². The molecule has 0 saturated heterocycles. The summed E-state index contributed by atoms with van der Waals surface area (Å²) in [6.45, 7) is 0.526. The van der Waals surface area contributed by atoms with Crippen molar-refractivity contribution in [2.24, 2.45) is 0 Å². The molecule has 0 aliphatic carbocycles. The standard InChI is InChI=1S/C19H16FN3O2/c20-16-10-5-4-9-15(16)18(24)21-22-19(25)17-11-6-12-23(17)13-14-7-2-1-3-8-14/h1-12H,13H2,(H,21,24)(H,22,25). The molecule has 126 valence electrons. The fraction of sp³-hybridized carbons (Fsp3) is 0.0526. The van der Waals surface area contributed by atoms with Gasteiger partial charge in [0.25, 0.3) is 11.8 Å². The largest absolute Gasteiger partial charge is 0.339 e. The van der Waals surface area contributed by atoms with E-state index >= 15 is 0 Å². The minimum atomic E-state index is -0.715. The lowest BCUT2D eigenvalue weighted by molar-refractivity contribution is 0.0839. The van der Waals surface area contributed by atoms with E-state index in [1.54, 1.807) is 29.0 Å². The van der Waals surface area contributed by atoms with Gasteiger partial charge in [-0.25, -0.2) is 4.39 Å². The number of halogens is 1. The number of aromatic nitrogens is 1. The third-order valence-corrected chi connectivity index (χ3v) is 3.67. The van der Waals surface area contributed by atoms with E-state index in [2.05, 4.69) is 10.9 Å². The molecule has 0 radical (unpaired) electrons. The first-order chi connectivity index (χ1) is 12.1. The zero-order valence-electron chi connectivity index (χ0n) is 13.3. The summed E-state index contributed by atoms with van der Waals surface area (Å²) in [5, 5.41) is 0. The number of hydrazine groups is 1. The van der Waals surface area contributed by atoms with Gasteiger partial charge < -0.3 is 4.57 Å². The molecule has 0 atom stereocenters. The van der Waals surface area contributed by atoms with Crippen LogP contribution >= 0.6 is 0 Å². The van der Waals surface area contributed by atoms with Gasteiger partial charge >= 0.3 is 0 Å². The van der Waals surface area contributed by atoms with Crippen LogP contribution in [0.5, 0.6) is 0 Å². The summed E-state index contributed by atoms with van der Waals surface area (Å²) in [4.78, 5) is 24.2. The van der Waals surface area contributed by atoms with Crippen molar-refractivity contribution in [3.05, 3.63) is 95.6 Å². The molecule has 5 nitrogen and oxygen atoms in total. The summed E-state index contributed by atoms with van der Waals surface area (Å²) in [5.74, 6) is -1.85. The molecule has 3 aromatic rings. The average Bonchev–Trinajstić information content (AvgIpc) is 3.09. The molecule has 0 aliphatic heterocycles. The highest BCUT2D eigenvalue weighted by atomic mass is 19.1. The van der Waals surface area contributed by atoms with Crippen LogP contribution in [0.25, 0.3) is 0 Å². The number of rotatable bonds is 4. The summed E-state index contributed by atoms with van der Waals surface area (Å²) in [7, 11) is 0. The zero-order chi connectivity index (χ0) is 17.6. The van der Waals surface area contributed by atoms with Crippen LogP contribution in [-0.4, -0.2) is 16.4 Å². The Morgan fingerprint density at radius 2 is 1.52 bits per heavy atom. The molecule has 6 heteroatoms. The van der Waals surface area contributed by atoms with Crippen LogP contribution < -0.4 is 10.9 Å². The van der Waals surface area contributed by atoms with E-state index in [1.807, 2.05) is 30.3 Å². The Bertz CT molecular complexity index is 890. The first-order valence-electron chi connectivity index (χ1n) is 7.69. The van der Waals surface area contributed by atoms with E-state index in [9.17, 15) is 14.0 Å². The van der Waals surface area contributed by atoms with Crippen molar-refractivity contribution in [3.8, 4) is 0 Å². The van der Waals surface area contributed by atoms with E-state index in [0.717, 1.165) is 5.56 Å². The third kappa shape index (κ3) is 3.92. The lowest BCUT2D eigenvalue weighted by atomic mass is 10.2. The van der Waals surface area contributed by atoms with Crippen molar-refractivity contribution in [1.29, 1.82) is 0 Å². The van der Waals surface area contributed by atoms with Crippen LogP contribution in [0.4, 0.5) is 4.39 Å². The zero-order valence-corrected chi connectivity index (χ0v) is 13.3. The first-order valence-corrected chi connectivity index (χ1v) is 7.69. The molecule has 0 spiro atoms. The molecule has 0 saturated carbocycles. The Hall–Kier alpha value is -3.41. The molecule has 25 heavy (non-hydrogen) atoms. The van der Waals surface area contributed by atoms with Crippen molar-refractivity contribution < 1.29 is 14.0 Å². The van der Waals surface area contributed by atoms with Gasteiger partial charge in [-0.1, -0.05) is 42.5 Å². The van der Waals surface area contributed by atoms with Crippen molar-refractivity contribution >= 4 is 11.8 Å². The maximum Gasteiger partial charge on any atom is 0.286 e. The monoisotopic (exact) mass is 337 g/mol. The SMILES string of the molecule is O=C(NNC(=O)c1cccn1Cc1ccccc1)c1ccccc1F. The van der Waals surface area contributed by atoms with Crippen molar-refractivity contribution in [1.82, 2.24) is 15.4 Å². The smallest absolute Gasteiger partial charge is 0.286 e. The molecular weight excluding hydrogens is 321 g/mol. The number of nitrogens with one attached hydrogen (secondary N) is 2. The van der Waals surface area contributed by atoms with Crippen LogP contribution in [0.15, 0.2) is 72.9 Å². The fourth-order valence-corrected chi connectivity index (χ4v) is 2.43. The van der Waals surface area contributed by atoms with Crippen LogP contribution in [0.3, 0.4) is 0 Å². The minimum absolute atomic E-state index is 0.137. The maximum atomic E-state index is 13.6. The predicted molar refractivity (Wildman–Crippen MR) is 91.3 cm³/mol. The number of carbonyl (C=O) groups excluding carboxylic acids is 2. The van der Waals surface area contributed by atoms with Gasteiger partial charge in [0.1, 0.15) is 11.5 Å². The number of amides is 2. The second-order valence-corrected chi connectivity index (χ2v) is 5.40. The van der Waals surface area contributed by atoms with E-state index < -0.39 is 17.6 Å². The third-order valence-electron chi connectivity index (χ3n) is 3.67. The number of benzene rings is 2. The summed E-state index contributed by atoms with van der Waals surface area (Å²) < 4.78 is 15.3. The van der Waals surface area contributed by atoms with Crippen molar-refractivity contribution in [2.75, 3.05) is 0 Å². The Balaban J connectivity index is 1.65. The van der Waals surface area contributed by atoms with Crippen LogP contribution in [-0.2, 0) is 6.54 Å². The van der Waals surface area contributed by atoms with Gasteiger partial charge in [-0.2, -0.15) is 0 Å². The van der Waals surface area contributed by atoms with Gasteiger partial charge in [-0.3, -0.25) is 20.4 Å². The first kappa shape index (κ1) is 16.4. The van der Waals surface area contributed by atoms with Crippen LogP contribution in [0, 0.1) is 5.82 Å². The highest BCUT2D eigenvalue weighted by molar-refractivity contribution is 5.98. The highest BCUT2D eigenvalue weighted by Gasteiger charge is 2.14. The second-order valence-electron chi connectivity index (χ2n) is 5.40. The molecule has 2 amide bonds. The molecule has 0 bridgehead atoms. The van der Waals surface area contributed by atoms with Crippen molar-refractivity contribution in [3.63, 3.8) is 0 Å². The van der Waals surface area contributed by atoms with E-state index in [4.69, 9.17) is 0 Å². The van der Waals surface area contributed by atoms with Gasteiger partial charge in [0, 0.05) is 12.7 Å². The lowest BCUT2D eigenvalue weighted by Gasteiger charge is -2.11. The molecule has 1 aromatic heterocycles. The fourth-order valence-electron chi connectivity index (χ4n) is 2.43. The lowest BCUT2D eigenvalue weighted by Crippen LogP contribution is -2.42. The topological polar surface area (TPSA) is 63.1 Å². The predicted octanol–water partition coefficient (Wildman–Crippen LogP) is 2.75. The van der Waals surface area contributed by atoms with Gasteiger partial charge in [-0.15, -0.1) is 0 Å². The molecule has 2 aromatic carbocycles. The van der Waals surface area contributed by atoms with E-state index in [0.29, 0.717) is 12.2 Å². The van der Waals surface area contributed by atoms with Gasteiger partial charge in [-0.05, 0) is 29.8 Å². The summed E-state index contributed by atoms with van der Waals surface area (Å²) >= 11 is 0. The molecule has 0 fully saturated rings. The van der Waals surface area contributed by atoms with Gasteiger partial charge in [0.05, 0.1) is 5.56 Å². The van der Waals surface area contributed by atoms with Crippen LogP contribution in [0.1, 0.15) is 26.4 Å². The Morgan fingerprint density at radius 1 is 0.840 bits per heavy atom. The maximum absolute atomic E-state index is 13.6. The van der Waals surface area contributed by atoms with Crippen LogP contribution in [0.2, 0.25) is 0 Å². The number of hydrogen-bond donors (Lipinski definition) is 2. The summed E-state index contributed by atoms with van der Waals surface area (Å²) in [5.41, 5.74) is 5.83. The molecule has 2 N–H and O–H groups in total. The molecule has 1 heterocycles. The quantitative estimate of drug-likeness (QED) is 0.719. The number of nitrogens with zero attached hydrogens (tertiary/aromatic N) is 1. The van der Waals surface area contributed by atoms with E-state index in [-0.39, 0.29) is 5.56 Å². The van der Waals surface area contributed by atoms with Gasteiger partial charge in [0.15, 0.2) is 0 Å². The summed E-state index contributed by atoms with van der Waals surface area (Å²) in [6, 6.07) is 18.6. The molecular formula is C19H16FN3O2. The average molecular weight is 337 g/mol. The number of carbonyl (C=O) groups is 2. The van der Waals surface area contributed by atoms with Gasteiger partial charge in [0.2, 0.25) is 0 Å². The highest BCUT2D eigenvalue weighted by Crippen LogP contribution is 2.08. The normalized spacial score (nSPS) is 10.3. The Labute approximate surface area is 144 Å².